The Hall–Kier alpha value is -0.860. The van der Waals surface area contributed by atoms with Gasteiger partial charge in [0.2, 0.25) is 5.91 Å². The summed E-state index contributed by atoms with van der Waals surface area (Å²) in [6.45, 7) is 0. The standard InChI is InChI=1S/C20H39NO2/c1-21(2)20(23)18-16-14-12-10-8-6-4-3-5-7-9-11-13-15-17-19-22/h19H,3-18H2,1-2H3. The molecule has 0 saturated heterocycles. The zero-order chi connectivity index (χ0) is 17.2. The first kappa shape index (κ1) is 22.1. The first-order valence-electron chi connectivity index (χ1n) is 9.82. The lowest BCUT2D eigenvalue weighted by atomic mass is 10.0. The highest BCUT2D eigenvalue weighted by Crippen LogP contribution is 2.13. The number of rotatable bonds is 17. The number of hydrogen-bond acceptors (Lipinski definition) is 2. The molecule has 136 valence electrons. The maximum absolute atomic E-state index is 11.4. The van der Waals surface area contributed by atoms with Crippen LogP contribution in [0.25, 0.3) is 0 Å². The van der Waals surface area contributed by atoms with Crippen LogP contribution >= 0.6 is 0 Å². The lowest BCUT2D eigenvalue weighted by Crippen LogP contribution is -2.20. The minimum absolute atomic E-state index is 0.258. The molecule has 0 aromatic heterocycles. The molecule has 0 aromatic carbocycles. The lowest BCUT2D eigenvalue weighted by molar-refractivity contribution is -0.128. The highest BCUT2D eigenvalue weighted by molar-refractivity contribution is 5.75. The molecular formula is C20H39NO2. The first-order valence-corrected chi connectivity index (χ1v) is 9.82. The molecule has 0 fully saturated rings. The van der Waals surface area contributed by atoms with Gasteiger partial charge < -0.3 is 9.69 Å². The van der Waals surface area contributed by atoms with Crippen molar-refractivity contribution in [3.63, 3.8) is 0 Å². The summed E-state index contributed by atoms with van der Waals surface area (Å²) in [6, 6.07) is 0. The van der Waals surface area contributed by atoms with E-state index in [9.17, 15) is 9.59 Å². The van der Waals surface area contributed by atoms with E-state index in [2.05, 4.69) is 0 Å². The van der Waals surface area contributed by atoms with Crippen molar-refractivity contribution in [2.75, 3.05) is 14.1 Å². The summed E-state index contributed by atoms with van der Waals surface area (Å²) in [4.78, 5) is 23.3. The number of nitrogens with zero attached hydrogens (tertiary/aromatic N) is 1. The molecule has 3 nitrogen and oxygen atoms in total. The Balaban J connectivity index is 3.05. The average molecular weight is 326 g/mol. The number of hydrogen-bond donors (Lipinski definition) is 0. The molecule has 0 radical (unpaired) electrons. The molecule has 0 heterocycles. The molecule has 0 aliphatic rings. The number of carbonyl (C=O) groups is 2. The Morgan fingerprint density at radius 3 is 1.35 bits per heavy atom. The predicted octanol–water partition coefficient (Wildman–Crippen LogP) is 5.52. The van der Waals surface area contributed by atoms with Crippen molar-refractivity contribution in [1.82, 2.24) is 4.90 Å². The fraction of sp³-hybridized carbons (Fsp3) is 0.900. The molecule has 0 saturated carbocycles. The third-order valence-electron chi connectivity index (χ3n) is 4.46. The van der Waals surface area contributed by atoms with Crippen molar-refractivity contribution in [1.29, 1.82) is 0 Å². The normalized spacial score (nSPS) is 10.7. The van der Waals surface area contributed by atoms with Crippen molar-refractivity contribution in [3.05, 3.63) is 0 Å². The van der Waals surface area contributed by atoms with E-state index in [1.165, 1.54) is 77.0 Å². The van der Waals surface area contributed by atoms with Crippen LogP contribution in [0.3, 0.4) is 0 Å². The zero-order valence-electron chi connectivity index (χ0n) is 15.7. The smallest absolute Gasteiger partial charge is 0.222 e. The molecule has 0 aliphatic heterocycles. The van der Waals surface area contributed by atoms with Crippen molar-refractivity contribution in [2.24, 2.45) is 0 Å². The summed E-state index contributed by atoms with van der Waals surface area (Å²) in [7, 11) is 3.66. The third-order valence-corrected chi connectivity index (χ3v) is 4.46. The maximum atomic E-state index is 11.4. The van der Waals surface area contributed by atoms with E-state index in [1.807, 2.05) is 14.1 Å². The number of amides is 1. The minimum Gasteiger partial charge on any atom is -0.349 e. The predicted molar refractivity (Wildman–Crippen MR) is 98.6 cm³/mol. The molecular weight excluding hydrogens is 286 g/mol. The van der Waals surface area contributed by atoms with Crippen LogP contribution in [0.4, 0.5) is 0 Å². The molecule has 0 rings (SSSR count). The summed E-state index contributed by atoms with van der Waals surface area (Å²) in [5, 5.41) is 0. The SMILES string of the molecule is CN(C)C(=O)CCCCCCCCCCCCCCCCC=O. The van der Waals surface area contributed by atoms with Crippen LogP contribution < -0.4 is 0 Å². The van der Waals surface area contributed by atoms with Gasteiger partial charge in [-0.1, -0.05) is 77.0 Å². The van der Waals surface area contributed by atoms with Crippen LogP contribution in [-0.2, 0) is 9.59 Å². The van der Waals surface area contributed by atoms with Gasteiger partial charge in [0.05, 0.1) is 0 Å². The van der Waals surface area contributed by atoms with Gasteiger partial charge >= 0.3 is 0 Å². The Kier molecular flexibility index (Phi) is 16.8. The Labute approximate surface area is 144 Å². The molecule has 0 N–H and O–H groups in total. The largest absolute Gasteiger partial charge is 0.349 e. The second-order valence-corrected chi connectivity index (χ2v) is 6.94. The second kappa shape index (κ2) is 17.5. The first-order chi connectivity index (χ1) is 11.2. The van der Waals surface area contributed by atoms with E-state index in [4.69, 9.17) is 0 Å². The molecule has 0 bridgehead atoms. The topological polar surface area (TPSA) is 37.4 Å². The molecule has 0 aromatic rings. The molecule has 1 amide bonds. The quantitative estimate of drug-likeness (QED) is 0.261. The van der Waals surface area contributed by atoms with Gasteiger partial charge in [0.25, 0.3) is 0 Å². The highest BCUT2D eigenvalue weighted by Gasteiger charge is 2.02. The fourth-order valence-corrected chi connectivity index (χ4v) is 2.85. The maximum Gasteiger partial charge on any atom is 0.222 e. The Bertz CT molecular complexity index is 277. The van der Waals surface area contributed by atoms with E-state index >= 15 is 0 Å². The monoisotopic (exact) mass is 325 g/mol. The molecule has 0 aliphatic carbocycles. The number of carbonyl (C=O) groups excluding carboxylic acids is 2. The van der Waals surface area contributed by atoms with Crippen LogP contribution in [0.5, 0.6) is 0 Å². The number of unbranched alkanes of at least 4 members (excludes halogenated alkanes) is 14. The van der Waals surface area contributed by atoms with Crippen LogP contribution in [-0.4, -0.2) is 31.2 Å². The summed E-state index contributed by atoms with van der Waals surface area (Å²) in [5.41, 5.74) is 0. The van der Waals surface area contributed by atoms with Crippen LogP contribution in [0, 0.1) is 0 Å². The van der Waals surface area contributed by atoms with Gasteiger partial charge in [-0.3, -0.25) is 4.79 Å². The Morgan fingerprint density at radius 2 is 1.00 bits per heavy atom. The highest BCUT2D eigenvalue weighted by atomic mass is 16.2. The van der Waals surface area contributed by atoms with E-state index in [-0.39, 0.29) is 5.91 Å². The van der Waals surface area contributed by atoms with Gasteiger partial charge in [-0.2, -0.15) is 0 Å². The van der Waals surface area contributed by atoms with E-state index in [0.29, 0.717) is 6.42 Å². The van der Waals surface area contributed by atoms with Gasteiger partial charge in [-0.05, 0) is 12.8 Å². The number of aldehydes is 1. The van der Waals surface area contributed by atoms with Gasteiger partial charge in [-0.25, -0.2) is 0 Å². The Morgan fingerprint density at radius 1 is 0.652 bits per heavy atom. The average Bonchev–Trinajstić information content (AvgIpc) is 2.54. The summed E-state index contributed by atoms with van der Waals surface area (Å²) in [5.74, 6) is 0.258. The van der Waals surface area contributed by atoms with Gasteiger partial charge in [0, 0.05) is 26.9 Å². The van der Waals surface area contributed by atoms with Gasteiger partial charge in [-0.15, -0.1) is 0 Å². The molecule has 0 atom stereocenters. The van der Waals surface area contributed by atoms with Gasteiger partial charge in [0.1, 0.15) is 6.29 Å². The zero-order valence-corrected chi connectivity index (χ0v) is 15.7. The van der Waals surface area contributed by atoms with E-state index < -0.39 is 0 Å². The second-order valence-electron chi connectivity index (χ2n) is 6.94. The van der Waals surface area contributed by atoms with Crippen LogP contribution in [0.1, 0.15) is 103 Å². The van der Waals surface area contributed by atoms with Gasteiger partial charge in [0.15, 0.2) is 0 Å². The summed E-state index contributed by atoms with van der Waals surface area (Å²) < 4.78 is 0. The molecule has 3 heteroatoms. The molecule has 23 heavy (non-hydrogen) atoms. The van der Waals surface area contributed by atoms with E-state index in [1.54, 1.807) is 4.90 Å². The van der Waals surface area contributed by atoms with Crippen molar-refractivity contribution in [2.45, 2.75) is 103 Å². The minimum atomic E-state index is 0.258. The van der Waals surface area contributed by atoms with Crippen molar-refractivity contribution in [3.8, 4) is 0 Å². The molecule has 0 spiro atoms. The fourth-order valence-electron chi connectivity index (χ4n) is 2.85. The summed E-state index contributed by atoms with van der Waals surface area (Å²) >= 11 is 0. The van der Waals surface area contributed by atoms with Crippen LogP contribution in [0.15, 0.2) is 0 Å². The van der Waals surface area contributed by atoms with E-state index in [0.717, 1.165) is 25.5 Å². The summed E-state index contributed by atoms with van der Waals surface area (Å²) in [6.07, 6.45) is 20.5. The van der Waals surface area contributed by atoms with Crippen molar-refractivity contribution < 1.29 is 9.59 Å². The van der Waals surface area contributed by atoms with Crippen LogP contribution in [0.2, 0.25) is 0 Å². The van der Waals surface area contributed by atoms with Crippen molar-refractivity contribution >= 4 is 12.2 Å². The third kappa shape index (κ3) is 17.3. The lowest BCUT2D eigenvalue weighted by Gasteiger charge is -2.09. The molecule has 0 unspecified atom stereocenters.